The SMILES string of the molecule is CCN(CC)S(=O)(=O)c1ccc(CNC(=O)C2CC2)cc1. The molecule has 1 aliphatic carbocycles. The molecule has 5 nitrogen and oxygen atoms in total. The second-order valence-corrected chi connectivity index (χ2v) is 7.16. The van der Waals surface area contributed by atoms with E-state index in [0.717, 1.165) is 18.4 Å². The Morgan fingerprint density at radius 2 is 1.76 bits per heavy atom. The molecule has 0 aromatic heterocycles. The molecule has 116 valence electrons. The van der Waals surface area contributed by atoms with Crippen molar-refractivity contribution in [2.75, 3.05) is 13.1 Å². The molecule has 21 heavy (non-hydrogen) atoms. The van der Waals surface area contributed by atoms with Crippen LogP contribution in [0.15, 0.2) is 29.2 Å². The number of carbonyl (C=O) groups excluding carboxylic acids is 1. The van der Waals surface area contributed by atoms with Gasteiger partial charge in [0.25, 0.3) is 0 Å². The molecule has 1 aromatic rings. The predicted octanol–water partition coefficient (Wildman–Crippen LogP) is 1.74. The number of amides is 1. The number of benzene rings is 1. The highest BCUT2D eigenvalue weighted by Gasteiger charge is 2.29. The molecule has 1 aliphatic rings. The maximum absolute atomic E-state index is 12.3. The fourth-order valence-corrected chi connectivity index (χ4v) is 3.63. The van der Waals surface area contributed by atoms with Gasteiger partial charge in [0.15, 0.2) is 0 Å². The van der Waals surface area contributed by atoms with Crippen LogP contribution in [-0.2, 0) is 21.4 Å². The van der Waals surface area contributed by atoms with Crippen LogP contribution in [0.25, 0.3) is 0 Å². The average molecular weight is 310 g/mol. The lowest BCUT2D eigenvalue weighted by Gasteiger charge is -2.18. The van der Waals surface area contributed by atoms with Gasteiger partial charge in [-0.1, -0.05) is 26.0 Å². The molecule has 0 bridgehead atoms. The minimum absolute atomic E-state index is 0.0924. The Morgan fingerprint density at radius 1 is 1.19 bits per heavy atom. The normalized spacial score (nSPS) is 15.2. The van der Waals surface area contributed by atoms with Gasteiger partial charge in [-0.25, -0.2) is 8.42 Å². The number of nitrogens with zero attached hydrogens (tertiary/aromatic N) is 1. The van der Waals surface area contributed by atoms with Crippen molar-refractivity contribution in [1.82, 2.24) is 9.62 Å². The zero-order valence-electron chi connectivity index (χ0n) is 12.5. The molecule has 0 atom stereocenters. The summed E-state index contributed by atoms with van der Waals surface area (Å²) < 4.78 is 26.1. The summed E-state index contributed by atoms with van der Waals surface area (Å²) in [6, 6.07) is 6.71. The van der Waals surface area contributed by atoms with Crippen molar-refractivity contribution in [2.24, 2.45) is 5.92 Å². The van der Waals surface area contributed by atoms with Gasteiger partial charge in [-0.3, -0.25) is 4.79 Å². The number of hydrogen-bond acceptors (Lipinski definition) is 3. The highest BCUT2D eigenvalue weighted by Crippen LogP contribution is 2.28. The van der Waals surface area contributed by atoms with Crippen LogP contribution in [0.3, 0.4) is 0 Å². The van der Waals surface area contributed by atoms with Crippen molar-refractivity contribution in [3.05, 3.63) is 29.8 Å². The van der Waals surface area contributed by atoms with Crippen LogP contribution in [0.1, 0.15) is 32.3 Å². The second kappa shape index (κ2) is 6.58. The first-order chi connectivity index (χ1) is 9.98. The second-order valence-electron chi connectivity index (χ2n) is 5.23. The molecule has 2 rings (SSSR count). The van der Waals surface area contributed by atoms with Gasteiger partial charge in [0, 0.05) is 25.6 Å². The first-order valence-corrected chi connectivity index (χ1v) is 8.79. The summed E-state index contributed by atoms with van der Waals surface area (Å²) in [5, 5.41) is 2.87. The van der Waals surface area contributed by atoms with E-state index in [0.29, 0.717) is 24.5 Å². The molecule has 0 radical (unpaired) electrons. The van der Waals surface area contributed by atoms with E-state index in [1.54, 1.807) is 24.3 Å². The Morgan fingerprint density at radius 3 is 2.24 bits per heavy atom. The quantitative estimate of drug-likeness (QED) is 0.834. The van der Waals surface area contributed by atoms with E-state index in [2.05, 4.69) is 5.32 Å². The van der Waals surface area contributed by atoms with E-state index < -0.39 is 10.0 Å². The molecule has 0 aliphatic heterocycles. The monoisotopic (exact) mass is 310 g/mol. The van der Waals surface area contributed by atoms with Crippen LogP contribution in [0.4, 0.5) is 0 Å². The summed E-state index contributed by atoms with van der Waals surface area (Å²) in [6.07, 6.45) is 1.96. The lowest BCUT2D eigenvalue weighted by Crippen LogP contribution is -2.30. The van der Waals surface area contributed by atoms with E-state index in [4.69, 9.17) is 0 Å². The fraction of sp³-hybridized carbons (Fsp3) is 0.533. The van der Waals surface area contributed by atoms with Crippen LogP contribution in [0, 0.1) is 5.92 Å². The van der Waals surface area contributed by atoms with Crippen molar-refractivity contribution < 1.29 is 13.2 Å². The summed E-state index contributed by atoms with van der Waals surface area (Å²) in [5.74, 6) is 0.280. The molecule has 0 spiro atoms. The Bertz CT molecular complexity index is 588. The Hall–Kier alpha value is -1.40. The largest absolute Gasteiger partial charge is 0.352 e. The van der Waals surface area contributed by atoms with Crippen molar-refractivity contribution in [1.29, 1.82) is 0 Å². The molecular weight excluding hydrogens is 288 g/mol. The lowest BCUT2D eigenvalue weighted by atomic mass is 10.2. The first kappa shape index (κ1) is 16.0. The highest BCUT2D eigenvalue weighted by atomic mass is 32.2. The van der Waals surface area contributed by atoms with Crippen LogP contribution in [0.5, 0.6) is 0 Å². The zero-order chi connectivity index (χ0) is 15.5. The van der Waals surface area contributed by atoms with Crippen molar-refractivity contribution in [3.63, 3.8) is 0 Å². The summed E-state index contributed by atoms with van der Waals surface area (Å²) in [4.78, 5) is 11.9. The topological polar surface area (TPSA) is 66.5 Å². The maximum Gasteiger partial charge on any atom is 0.243 e. The van der Waals surface area contributed by atoms with Crippen molar-refractivity contribution >= 4 is 15.9 Å². The van der Waals surface area contributed by atoms with Crippen LogP contribution in [-0.4, -0.2) is 31.7 Å². The minimum Gasteiger partial charge on any atom is -0.352 e. The summed E-state index contributed by atoms with van der Waals surface area (Å²) in [7, 11) is -3.41. The average Bonchev–Trinajstić information content (AvgIpc) is 3.31. The van der Waals surface area contributed by atoms with Gasteiger partial charge in [-0.15, -0.1) is 0 Å². The van der Waals surface area contributed by atoms with E-state index in [9.17, 15) is 13.2 Å². The molecular formula is C15H22N2O3S. The number of carbonyl (C=O) groups is 1. The van der Waals surface area contributed by atoms with Gasteiger partial charge in [0.2, 0.25) is 15.9 Å². The molecule has 0 unspecified atom stereocenters. The van der Waals surface area contributed by atoms with Gasteiger partial charge in [0.05, 0.1) is 4.90 Å². The van der Waals surface area contributed by atoms with E-state index in [1.165, 1.54) is 4.31 Å². The number of sulfonamides is 1. The third kappa shape index (κ3) is 3.83. The molecule has 0 heterocycles. The molecule has 6 heteroatoms. The Labute approximate surface area is 126 Å². The van der Waals surface area contributed by atoms with Crippen LogP contribution < -0.4 is 5.32 Å². The standard InChI is InChI=1S/C15H22N2O3S/c1-3-17(4-2)21(19,20)14-9-5-12(6-10-14)11-16-15(18)13-7-8-13/h5-6,9-10,13H,3-4,7-8,11H2,1-2H3,(H,16,18). The van der Waals surface area contributed by atoms with Gasteiger partial charge < -0.3 is 5.32 Å². The highest BCUT2D eigenvalue weighted by molar-refractivity contribution is 7.89. The van der Waals surface area contributed by atoms with Crippen molar-refractivity contribution in [3.8, 4) is 0 Å². The summed E-state index contributed by atoms with van der Waals surface area (Å²) in [5.41, 5.74) is 0.905. The fourth-order valence-electron chi connectivity index (χ4n) is 2.17. The van der Waals surface area contributed by atoms with Gasteiger partial charge in [0.1, 0.15) is 0 Å². The molecule has 0 saturated heterocycles. The number of hydrogen-bond donors (Lipinski definition) is 1. The van der Waals surface area contributed by atoms with Crippen molar-refractivity contribution in [2.45, 2.75) is 38.1 Å². The van der Waals surface area contributed by atoms with Gasteiger partial charge >= 0.3 is 0 Å². The third-order valence-corrected chi connectivity index (χ3v) is 5.75. The Balaban J connectivity index is 2.02. The van der Waals surface area contributed by atoms with E-state index in [-0.39, 0.29) is 11.8 Å². The predicted molar refractivity (Wildman–Crippen MR) is 81.1 cm³/mol. The van der Waals surface area contributed by atoms with Gasteiger partial charge in [-0.2, -0.15) is 4.31 Å². The van der Waals surface area contributed by atoms with E-state index >= 15 is 0 Å². The van der Waals surface area contributed by atoms with Gasteiger partial charge in [-0.05, 0) is 30.5 Å². The molecule has 1 amide bonds. The minimum atomic E-state index is -3.41. The van der Waals surface area contributed by atoms with E-state index in [1.807, 2.05) is 13.8 Å². The maximum atomic E-state index is 12.3. The first-order valence-electron chi connectivity index (χ1n) is 7.35. The van der Waals surface area contributed by atoms with Crippen LogP contribution >= 0.6 is 0 Å². The zero-order valence-corrected chi connectivity index (χ0v) is 13.3. The number of rotatable bonds is 7. The molecule has 1 aromatic carbocycles. The summed E-state index contributed by atoms with van der Waals surface area (Å²) in [6.45, 7) is 5.00. The lowest BCUT2D eigenvalue weighted by molar-refractivity contribution is -0.122. The Kier molecular flexibility index (Phi) is 5.00. The number of nitrogens with one attached hydrogen (secondary N) is 1. The third-order valence-electron chi connectivity index (χ3n) is 3.68. The smallest absolute Gasteiger partial charge is 0.243 e. The molecule has 1 saturated carbocycles. The molecule has 1 fully saturated rings. The van der Waals surface area contributed by atoms with Crippen LogP contribution in [0.2, 0.25) is 0 Å². The summed E-state index contributed by atoms with van der Waals surface area (Å²) >= 11 is 0. The molecule has 1 N–H and O–H groups in total.